The number of piperazine rings is 1. The molecule has 2 amide bonds. The minimum atomic E-state index is -0.285. The Morgan fingerprint density at radius 2 is 1.73 bits per heavy atom. The molecule has 0 saturated carbocycles. The van der Waals surface area contributed by atoms with Crippen molar-refractivity contribution in [1.29, 1.82) is 0 Å². The van der Waals surface area contributed by atoms with E-state index in [4.69, 9.17) is 0 Å². The van der Waals surface area contributed by atoms with Crippen molar-refractivity contribution < 1.29 is 9.59 Å². The molecule has 1 aromatic heterocycles. The standard InChI is InChI=1S/C19H23N5O2/c1-14-4-5-16(12-15(14)2)22-17(25)13-18(26)23-8-10-24(11-9-23)19-20-6-3-7-21-19/h3-7,12H,8-11,13H2,1-2H3,(H,22,25). The molecule has 0 bridgehead atoms. The van der Waals surface area contributed by atoms with Gasteiger partial charge in [-0.25, -0.2) is 9.97 Å². The third-order valence-electron chi connectivity index (χ3n) is 4.57. The van der Waals surface area contributed by atoms with Gasteiger partial charge in [-0.05, 0) is 43.2 Å². The molecule has 0 radical (unpaired) electrons. The Hall–Kier alpha value is -2.96. The first-order chi connectivity index (χ1) is 12.5. The lowest BCUT2D eigenvalue weighted by molar-refractivity contribution is -0.134. The van der Waals surface area contributed by atoms with Crippen LogP contribution in [-0.4, -0.2) is 52.9 Å². The van der Waals surface area contributed by atoms with Crippen LogP contribution in [0.3, 0.4) is 0 Å². The number of anilines is 2. The Balaban J connectivity index is 1.49. The number of rotatable bonds is 4. The van der Waals surface area contributed by atoms with Crippen LogP contribution in [-0.2, 0) is 9.59 Å². The van der Waals surface area contributed by atoms with E-state index >= 15 is 0 Å². The number of amides is 2. The normalized spacial score (nSPS) is 14.2. The maximum atomic E-state index is 12.4. The Labute approximate surface area is 153 Å². The molecule has 1 fully saturated rings. The van der Waals surface area contributed by atoms with Crippen LogP contribution in [0.1, 0.15) is 17.5 Å². The van der Waals surface area contributed by atoms with Crippen molar-refractivity contribution in [3.63, 3.8) is 0 Å². The number of carbonyl (C=O) groups is 2. The third-order valence-corrected chi connectivity index (χ3v) is 4.57. The highest BCUT2D eigenvalue weighted by molar-refractivity contribution is 6.03. The zero-order valence-corrected chi connectivity index (χ0v) is 15.1. The molecule has 2 aromatic rings. The second-order valence-electron chi connectivity index (χ2n) is 6.44. The molecule has 136 valence electrons. The summed E-state index contributed by atoms with van der Waals surface area (Å²) in [7, 11) is 0. The molecule has 1 aliphatic rings. The molecule has 2 heterocycles. The molecule has 0 spiro atoms. The van der Waals surface area contributed by atoms with Crippen LogP contribution in [0, 0.1) is 13.8 Å². The van der Waals surface area contributed by atoms with Crippen LogP contribution < -0.4 is 10.2 Å². The Morgan fingerprint density at radius 3 is 2.38 bits per heavy atom. The van der Waals surface area contributed by atoms with E-state index in [1.165, 1.54) is 5.56 Å². The lowest BCUT2D eigenvalue weighted by Gasteiger charge is -2.34. The van der Waals surface area contributed by atoms with Crippen molar-refractivity contribution in [1.82, 2.24) is 14.9 Å². The summed E-state index contributed by atoms with van der Waals surface area (Å²) in [6, 6.07) is 7.49. The van der Waals surface area contributed by atoms with Gasteiger partial charge >= 0.3 is 0 Å². The fraction of sp³-hybridized carbons (Fsp3) is 0.368. The van der Waals surface area contributed by atoms with E-state index in [1.807, 2.05) is 36.9 Å². The summed E-state index contributed by atoms with van der Waals surface area (Å²) in [4.78, 5) is 36.8. The van der Waals surface area contributed by atoms with Gasteiger partial charge in [0.05, 0.1) is 0 Å². The third kappa shape index (κ3) is 4.36. The van der Waals surface area contributed by atoms with Gasteiger partial charge in [-0.1, -0.05) is 6.07 Å². The van der Waals surface area contributed by atoms with E-state index in [-0.39, 0.29) is 18.2 Å². The van der Waals surface area contributed by atoms with Crippen LogP contribution in [0.15, 0.2) is 36.7 Å². The van der Waals surface area contributed by atoms with Gasteiger partial charge in [-0.2, -0.15) is 0 Å². The van der Waals surface area contributed by atoms with Crippen LogP contribution in [0.5, 0.6) is 0 Å². The molecule has 0 atom stereocenters. The van der Waals surface area contributed by atoms with Crippen molar-refractivity contribution in [2.45, 2.75) is 20.3 Å². The van der Waals surface area contributed by atoms with Crippen molar-refractivity contribution in [2.75, 3.05) is 36.4 Å². The molecule has 7 nitrogen and oxygen atoms in total. The number of carbonyl (C=O) groups excluding carboxylic acids is 2. The monoisotopic (exact) mass is 353 g/mol. The summed E-state index contributed by atoms with van der Waals surface area (Å²) in [5.41, 5.74) is 2.99. The molecule has 0 aliphatic carbocycles. The summed E-state index contributed by atoms with van der Waals surface area (Å²) in [6.07, 6.45) is 3.27. The molecular weight excluding hydrogens is 330 g/mol. The van der Waals surface area contributed by atoms with Crippen molar-refractivity contribution in [3.05, 3.63) is 47.8 Å². The van der Waals surface area contributed by atoms with Crippen LogP contribution >= 0.6 is 0 Å². The van der Waals surface area contributed by atoms with E-state index in [0.29, 0.717) is 32.1 Å². The lowest BCUT2D eigenvalue weighted by Crippen LogP contribution is -2.49. The Morgan fingerprint density at radius 1 is 1.04 bits per heavy atom. The van der Waals surface area contributed by atoms with Crippen molar-refractivity contribution >= 4 is 23.5 Å². The van der Waals surface area contributed by atoms with Gasteiger partial charge in [0.25, 0.3) is 0 Å². The number of benzene rings is 1. The Kier molecular flexibility index (Phi) is 5.46. The molecule has 1 N–H and O–H groups in total. The second kappa shape index (κ2) is 7.95. The minimum absolute atomic E-state index is 0.144. The number of hydrogen-bond acceptors (Lipinski definition) is 5. The summed E-state index contributed by atoms with van der Waals surface area (Å²) in [6.45, 7) is 6.46. The summed E-state index contributed by atoms with van der Waals surface area (Å²) < 4.78 is 0. The molecular formula is C19H23N5O2. The molecule has 1 aromatic carbocycles. The largest absolute Gasteiger partial charge is 0.339 e. The predicted molar refractivity (Wildman–Crippen MR) is 100.0 cm³/mol. The van der Waals surface area contributed by atoms with E-state index < -0.39 is 0 Å². The van der Waals surface area contributed by atoms with Crippen LogP contribution in [0.25, 0.3) is 0 Å². The zero-order chi connectivity index (χ0) is 18.5. The summed E-state index contributed by atoms with van der Waals surface area (Å²) >= 11 is 0. The second-order valence-corrected chi connectivity index (χ2v) is 6.44. The molecule has 7 heteroatoms. The number of nitrogens with zero attached hydrogens (tertiary/aromatic N) is 4. The quantitative estimate of drug-likeness (QED) is 0.848. The van der Waals surface area contributed by atoms with Gasteiger partial charge in [0.2, 0.25) is 17.8 Å². The van der Waals surface area contributed by atoms with Gasteiger partial charge in [0.15, 0.2) is 0 Å². The maximum Gasteiger partial charge on any atom is 0.233 e. The average molecular weight is 353 g/mol. The predicted octanol–water partition coefficient (Wildman–Crippen LogP) is 1.77. The van der Waals surface area contributed by atoms with Gasteiger partial charge in [0.1, 0.15) is 6.42 Å². The van der Waals surface area contributed by atoms with Crippen LogP contribution in [0.2, 0.25) is 0 Å². The fourth-order valence-corrected chi connectivity index (χ4v) is 2.88. The van der Waals surface area contributed by atoms with Gasteiger partial charge in [-0.3, -0.25) is 9.59 Å². The summed E-state index contributed by atoms with van der Waals surface area (Å²) in [5, 5.41) is 2.80. The van der Waals surface area contributed by atoms with Crippen molar-refractivity contribution in [2.24, 2.45) is 0 Å². The van der Waals surface area contributed by atoms with Crippen molar-refractivity contribution in [3.8, 4) is 0 Å². The molecule has 1 saturated heterocycles. The maximum absolute atomic E-state index is 12.4. The van der Waals surface area contributed by atoms with Crippen LogP contribution in [0.4, 0.5) is 11.6 Å². The van der Waals surface area contributed by atoms with Gasteiger partial charge in [-0.15, -0.1) is 0 Å². The lowest BCUT2D eigenvalue weighted by atomic mass is 10.1. The van der Waals surface area contributed by atoms with E-state index in [0.717, 1.165) is 11.3 Å². The highest BCUT2D eigenvalue weighted by Gasteiger charge is 2.23. The number of aryl methyl sites for hydroxylation is 2. The van der Waals surface area contributed by atoms with Gasteiger partial charge in [0, 0.05) is 44.3 Å². The number of nitrogens with one attached hydrogen (secondary N) is 1. The van der Waals surface area contributed by atoms with E-state index in [2.05, 4.69) is 15.3 Å². The molecule has 0 unspecified atom stereocenters. The number of hydrogen-bond donors (Lipinski definition) is 1. The van der Waals surface area contributed by atoms with E-state index in [9.17, 15) is 9.59 Å². The zero-order valence-electron chi connectivity index (χ0n) is 15.1. The average Bonchev–Trinajstić information content (AvgIpc) is 2.65. The highest BCUT2D eigenvalue weighted by Crippen LogP contribution is 2.15. The van der Waals surface area contributed by atoms with E-state index in [1.54, 1.807) is 23.4 Å². The molecule has 26 heavy (non-hydrogen) atoms. The first-order valence-corrected chi connectivity index (χ1v) is 8.70. The highest BCUT2D eigenvalue weighted by atomic mass is 16.2. The first kappa shape index (κ1) is 17.8. The first-order valence-electron chi connectivity index (χ1n) is 8.70. The smallest absolute Gasteiger partial charge is 0.233 e. The SMILES string of the molecule is Cc1ccc(NC(=O)CC(=O)N2CCN(c3ncccn3)CC2)cc1C. The Bertz CT molecular complexity index is 786. The molecule has 3 rings (SSSR count). The topological polar surface area (TPSA) is 78.4 Å². The minimum Gasteiger partial charge on any atom is -0.339 e. The summed E-state index contributed by atoms with van der Waals surface area (Å²) in [5.74, 6) is 0.235. The number of aromatic nitrogens is 2. The van der Waals surface area contributed by atoms with Gasteiger partial charge < -0.3 is 15.1 Å². The molecule has 1 aliphatic heterocycles. The fourth-order valence-electron chi connectivity index (χ4n) is 2.88.